The fourth-order valence-electron chi connectivity index (χ4n) is 3.42. The number of hydrogen-bond acceptors (Lipinski definition) is 6. The Kier molecular flexibility index (Phi) is 5.03. The third-order valence-corrected chi connectivity index (χ3v) is 5.06. The van der Waals surface area contributed by atoms with E-state index in [4.69, 9.17) is 0 Å². The molecule has 0 unspecified atom stereocenters. The first-order valence-electron chi connectivity index (χ1n) is 9.34. The zero-order valence-corrected chi connectivity index (χ0v) is 16.3. The summed E-state index contributed by atoms with van der Waals surface area (Å²) in [6.07, 6.45) is -4.59. The highest BCUT2D eigenvalue weighted by atomic mass is 19.4. The van der Waals surface area contributed by atoms with Gasteiger partial charge in [-0.3, -0.25) is 4.90 Å². The Morgan fingerprint density at radius 1 is 0.931 bits per heavy atom. The highest BCUT2D eigenvalue weighted by Gasteiger charge is 2.37. The number of benzene rings is 1. The van der Waals surface area contributed by atoms with Gasteiger partial charge in [0.2, 0.25) is 0 Å². The SMILES string of the molecule is CN(C)c1ccc(CN2CCN(c3ccc4nnc(C(F)(F)F)n4n3)CC2)cc1. The summed E-state index contributed by atoms with van der Waals surface area (Å²) in [5.74, 6) is -0.605. The van der Waals surface area contributed by atoms with Crippen LogP contribution in [0.15, 0.2) is 36.4 Å². The summed E-state index contributed by atoms with van der Waals surface area (Å²) in [6, 6.07) is 11.7. The first-order valence-corrected chi connectivity index (χ1v) is 9.34. The molecule has 0 saturated carbocycles. The van der Waals surface area contributed by atoms with E-state index in [0.717, 1.165) is 29.8 Å². The lowest BCUT2D eigenvalue weighted by atomic mass is 10.1. The molecule has 0 spiro atoms. The van der Waals surface area contributed by atoms with E-state index < -0.39 is 12.0 Å². The Bertz CT molecular complexity index is 974. The predicted octanol–water partition coefficient (Wildman–Crippen LogP) is 2.53. The molecule has 1 fully saturated rings. The van der Waals surface area contributed by atoms with Gasteiger partial charge in [0.1, 0.15) is 5.82 Å². The summed E-state index contributed by atoms with van der Waals surface area (Å²) in [6.45, 7) is 3.85. The van der Waals surface area contributed by atoms with Crippen LogP contribution in [0.3, 0.4) is 0 Å². The lowest BCUT2D eigenvalue weighted by molar-refractivity contribution is -0.146. The van der Waals surface area contributed by atoms with Crippen LogP contribution in [0.25, 0.3) is 5.65 Å². The van der Waals surface area contributed by atoms with Crippen molar-refractivity contribution in [3.05, 3.63) is 47.8 Å². The number of halogens is 3. The summed E-state index contributed by atoms with van der Waals surface area (Å²) >= 11 is 0. The van der Waals surface area contributed by atoms with Crippen LogP contribution in [0.2, 0.25) is 0 Å². The largest absolute Gasteiger partial charge is 0.453 e. The van der Waals surface area contributed by atoms with Gasteiger partial charge in [-0.05, 0) is 29.8 Å². The minimum Gasteiger partial charge on any atom is -0.378 e. The molecule has 1 aliphatic rings. The van der Waals surface area contributed by atoms with E-state index in [2.05, 4.69) is 49.4 Å². The Morgan fingerprint density at radius 3 is 2.24 bits per heavy atom. The molecule has 3 heterocycles. The third kappa shape index (κ3) is 4.12. The van der Waals surface area contributed by atoms with Gasteiger partial charge < -0.3 is 9.80 Å². The van der Waals surface area contributed by atoms with E-state index in [1.54, 1.807) is 6.07 Å². The van der Waals surface area contributed by atoms with Crippen molar-refractivity contribution in [2.75, 3.05) is 50.1 Å². The van der Waals surface area contributed by atoms with E-state index in [9.17, 15) is 13.2 Å². The number of nitrogens with zero attached hydrogens (tertiary/aromatic N) is 7. The van der Waals surface area contributed by atoms with Crippen molar-refractivity contribution >= 4 is 17.2 Å². The van der Waals surface area contributed by atoms with Crippen molar-refractivity contribution in [2.24, 2.45) is 0 Å². The molecule has 0 N–H and O–H groups in total. The molecule has 29 heavy (non-hydrogen) atoms. The zero-order valence-electron chi connectivity index (χ0n) is 16.3. The summed E-state index contributed by atoms with van der Waals surface area (Å²) < 4.78 is 40.0. The van der Waals surface area contributed by atoms with Gasteiger partial charge in [0.25, 0.3) is 5.82 Å². The fourth-order valence-corrected chi connectivity index (χ4v) is 3.42. The number of piperazine rings is 1. The smallest absolute Gasteiger partial charge is 0.378 e. The van der Waals surface area contributed by atoms with Gasteiger partial charge in [-0.1, -0.05) is 12.1 Å². The quantitative estimate of drug-likeness (QED) is 0.665. The number of alkyl halides is 3. The van der Waals surface area contributed by atoms with Crippen molar-refractivity contribution in [3.8, 4) is 0 Å². The molecule has 7 nitrogen and oxygen atoms in total. The summed E-state index contributed by atoms with van der Waals surface area (Å²) in [7, 11) is 4.02. The summed E-state index contributed by atoms with van der Waals surface area (Å²) in [5.41, 5.74) is 2.48. The molecule has 2 aromatic heterocycles. The van der Waals surface area contributed by atoms with E-state index in [0.29, 0.717) is 18.9 Å². The van der Waals surface area contributed by atoms with Crippen LogP contribution in [0.1, 0.15) is 11.4 Å². The highest BCUT2D eigenvalue weighted by Crippen LogP contribution is 2.28. The molecule has 154 valence electrons. The van der Waals surface area contributed by atoms with Gasteiger partial charge in [-0.15, -0.1) is 15.3 Å². The predicted molar refractivity (Wildman–Crippen MR) is 104 cm³/mol. The van der Waals surface area contributed by atoms with Crippen LogP contribution < -0.4 is 9.80 Å². The van der Waals surface area contributed by atoms with Gasteiger partial charge in [0.15, 0.2) is 5.65 Å². The molecule has 0 atom stereocenters. The molecule has 1 saturated heterocycles. The van der Waals surface area contributed by atoms with Crippen molar-refractivity contribution < 1.29 is 13.2 Å². The van der Waals surface area contributed by atoms with Crippen LogP contribution in [0, 0.1) is 0 Å². The Balaban J connectivity index is 1.41. The molecule has 0 aliphatic carbocycles. The van der Waals surface area contributed by atoms with Crippen molar-refractivity contribution in [2.45, 2.75) is 12.7 Å². The second-order valence-corrected chi connectivity index (χ2v) is 7.31. The molecule has 0 radical (unpaired) electrons. The van der Waals surface area contributed by atoms with Gasteiger partial charge in [-0.2, -0.15) is 17.7 Å². The molecule has 0 amide bonds. The minimum absolute atomic E-state index is 0.0842. The van der Waals surface area contributed by atoms with E-state index >= 15 is 0 Å². The van der Waals surface area contributed by atoms with E-state index in [1.807, 2.05) is 19.0 Å². The van der Waals surface area contributed by atoms with Crippen molar-refractivity contribution in [1.29, 1.82) is 0 Å². The first-order chi connectivity index (χ1) is 13.8. The maximum absolute atomic E-state index is 13.1. The fraction of sp³-hybridized carbons (Fsp3) is 0.421. The Morgan fingerprint density at radius 2 is 1.62 bits per heavy atom. The van der Waals surface area contributed by atoms with Crippen LogP contribution in [-0.2, 0) is 12.7 Å². The third-order valence-electron chi connectivity index (χ3n) is 5.06. The second kappa shape index (κ2) is 7.51. The number of hydrogen-bond donors (Lipinski definition) is 0. The average molecular weight is 405 g/mol. The summed E-state index contributed by atoms with van der Waals surface area (Å²) in [5, 5.41) is 10.9. The molecule has 0 bridgehead atoms. The molecule has 1 aromatic carbocycles. The van der Waals surface area contributed by atoms with E-state index in [1.165, 1.54) is 11.6 Å². The maximum atomic E-state index is 13.1. The normalized spacial score (nSPS) is 15.8. The second-order valence-electron chi connectivity index (χ2n) is 7.31. The average Bonchev–Trinajstić information content (AvgIpc) is 3.13. The molecular weight excluding hydrogens is 383 g/mol. The zero-order chi connectivity index (χ0) is 20.6. The van der Waals surface area contributed by atoms with Crippen LogP contribution in [-0.4, -0.2) is 65.0 Å². The van der Waals surface area contributed by atoms with Crippen LogP contribution in [0.5, 0.6) is 0 Å². The molecule has 4 rings (SSSR count). The topological polar surface area (TPSA) is 52.8 Å². The van der Waals surface area contributed by atoms with Gasteiger partial charge in [0.05, 0.1) is 0 Å². The lowest BCUT2D eigenvalue weighted by Crippen LogP contribution is -2.46. The van der Waals surface area contributed by atoms with Crippen LogP contribution >= 0.6 is 0 Å². The summed E-state index contributed by atoms with van der Waals surface area (Å²) in [4.78, 5) is 6.39. The minimum atomic E-state index is -4.59. The molecule has 10 heteroatoms. The molecule has 3 aromatic rings. The Labute approximate surface area is 166 Å². The van der Waals surface area contributed by atoms with Gasteiger partial charge in [-0.25, -0.2) is 0 Å². The maximum Gasteiger partial charge on any atom is 0.453 e. The van der Waals surface area contributed by atoms with Crippen molar-refractivity contribution in [3.63, 3.8) is 0 Å². The van der Waals surface area contributed by atoms with Gasteiger partial charge >= 0.3 is 6.18 Å². The number of fused-ring (bicyclic) bond motifs is 1. The van der Waals surface area contributed by atoms with Crippen LogP contribution in [0.4, 0.5) is 24.7 Å². The number of anilines is 2. The lowest BCUT2D eigenvalue weighted by Gasteiger charge is -2.35. The Hall–Kier alpha value is -2.88. The number of aromatic nitrogens is 4. The monoisotopic (exact) mass is 405 g/mol. The molecular formula is C19H22F3N7. The number of rotatable bonds is 4. The van der Waals surface area contributed by atoms with Gasteiger partial charge in [0, 0.05) is 52.5 Å². The van der Waals surface area contributed by atoms with E-state index in [-0.39, 0.29) is 5.65 Å². The first kappa shape index (κ1) is 19.4. The highest BCUT2D eigenvalue weighted by molar-refractivity contribution is 5.47. The molecule has 1 aliphatic heterocycles. The standard InChI is InChI=1S/C19H22F3N7/c1-26(2)15-5-3-14(4-6-15)13-27-9-11-28(12-10-27)17-8-7-16-23-24-18(19(20,21)22)29(16)25-17/h3-8H,9-13H2,1-2H3. The van der Waals surface area contributed by atoms with Crippen molar-refractivity contribution in [1.82, 2.24) is 24.7 Å².